The Bertz CT molecular complexity index is 2920. The van der Waals surface area contributed by atoms with Crippen LogP contribution in [0.1, 0.15) is 116 Å². The van der Waals surface area contributed by atoms with Crippen molar-refractivity contribution in [3.05, 3.63) is 186 Å². The Morgan fingerprint density at radius 3 is 1.47 bits per heavy atom. The molecule has 0 saturated carbocycles. The van der Waals surface area contributed by atoms with E-state index < -0.39 is 0 Å². The number of carbonyl (C=O) groups excluding carboxylic acids is 1. The van der Waals surface area contributed by atoms with Crippen molar-refractivity contribution in [2.75, 3.05) is 26.4 Å². The largest absolute Gasteiger partial charge is 0.493 e. The Hall–Kier alpha value is -6.07. The number of fused-ring (bicyclic) bond motifs is 3. The summed E-state index contributed by atoms with van der Waals surface area (Å²) in [7, 11) is 0. The second-order valence-corrected chi connectivity index (χ2v) is 20.7. The van der Waals surface area contributed by atoms with Gasteiger partial charge >= 0.3 is 0 Å². The molecule has 4 atom stereocenters. The van der Waals surface area contributed by atoms with E-state index >= 15 is 4.79 Å². The lowest BCUT2D eigenvalue weighted by atomic mass is 9.74. The first kappa shape index (κ1) is 43.2. The highest BCUT2D eigenvalue weighted by Crippen LogP contribution is 2.59. The first-order valence-corrected chi connectivity index (χ1v) is 26.0. The van der Waals surface area contributed by atoms with E-state index in [9.17, 15) is 0 Å². The predicted molar refractivity (Wildman–Crippen MR) is 274 cm³/mol. The zero-order chi connectivity index (χ0) is 46.0. The lowest BCUT2D eigenvalue weighted by molar-refractivity contribution is -0.108. The number of rotatable bonds is 14. The van der Waals surface area contributed by atoms with Gasteiger partial charge in [0.05, 0.1) is 26.4 Å². The third kappa shape index (κ3) is 7.65. The average Bonchev–Trinajstić information content (AvgIpc) is 3.56. The SMILES string of the molecule is CCCOc1cc(OCCC)cc(C2=C3C4=C5C=C6CC7=CC8=C(C=CC9CC%10=C(C=C9C8)CC8=C(C=C%10)CC(C(=C8)C5)C3=C(c3cc(OCCC)cc(OCCC)c3)C2=O)CC7C=CC6C4)c1. The maximum absolute atomic E-state index is 16.3. The van der Waals surface area contributed by atoms with Gasteiger partial charge in [0.25, 0.3) is 0 Å². The molecule has 10 aliphatic rings. The van der Waals surface area contributed by atoms with Gasteiger partial charge in [-0.05, 0) is 168 Å². The van der Waals surface area contributed by atoms with Crippen molar-refractivity contribution < 1.29 is 23.7 Å². The van der Waals surface area contributed by atoms with Crippen LogP contribution >= 0.6 is 0 Å². The van der Waals surface area contributed by atoms with Crippen molar-refractivity contribution in [2.45, 2.75) is 105 Å². The molecule has 0 spiro atoms. The van der Waals surface area contributed by atoms with Gasteiger partial charge in [0, 0.05) is 47.0 Å². The van der Waals surface area contributed by atoms with Gasteiger partial charge in [0.15, 0.2) is 5.78 Å². The van der Waals surface area contributed by atoms with Crippen LogP contribution in [0.15, 0.2) is 175 Å². The van der Waals surface area contributed by atoms with Crippen LogP contribution in [0.4, 0.5) is 0 Å². The van der Waals surface area contributed by atoms with Crippen LogP contribution in [-0.4, -0.2) is 32.2 Å². The van der Waals surface area contributed by atoms with E-state index in [0.29, 0.717) is 38.3 Å². The van der Waals surface area contributed by atoms with Crippen molar-refractivity contribution in [2.24, 2.45) is 23.7 Å². The molecule has 346 valence electrons. The number of ether oxygens (including phenoxy) is 4. The fourth-order valence-electron chi connectivity index (χ4n) is 12.7. The molecule has 2 aromatic rings. The molecule has 5 heteroatoms. The van der Waals surface area contributed by atoms with Gasteiger partial charge in [-0.2, -0.15) is 0 Å². The first-order chi connectivity index (χ1) is 33.4. The quantitative estimate of drug-likeness (QED) is 0.177. The zero-order valence-electron chi connectivity index (χ0n) is 40.4. The minimum absolute atomic E-state index is 0.0114. The Morgan fingerprint density at radius 2 is 0.882 bits per heavy atom. The maximum Gasteiger partial charge on any atom is 0.195 e. The Kier molecular flexibility index (Phi) is 11.3. The maximum atomic E-state index is 16.3. The zero-order valence-corrected chi connectivity index (χ0v) is 40.4. The van der Waals surface area contributed by atoms with Crippen molar-refractivity contribution in [1.29, 1.82) is 0 Å². The predicted octanol–water partition coefficient (Wildman–Crippen LogP) is 14.9. The molecular weight excluding hydrogens is 837 g/mol. The van der Waals surface area contributed by atoms with E-state index in [1.165, 1.54) is 55.7 Å². The van der Waals surface area contributed by atoms with Crippen LogP contribution in [0.5, 0.6) is 23.0 Å². The monoisotopic (exact) mass is 900 g/mol. The molecule has 0 fully saturated rings. The Balaban J connectivity index is 1.13. The molecule has 5 nitrogen and oxygen atoms in total. The fraction of sp³-hybridized carbons (Fsp3) is 0.381. The van der Waals surface area contributed by atoms with Gasteiger partial charge < -0.3 is 18.9 Å². The fourth-order valence-corrected chi connectivity index (χ4v) is 12.7. The molecular formula is C63H64O5. The molecule has 0 aliphatic heterocycles. The van der Waals surface area contributed by atoms with E-state index in [1.807, 2.05) is 12.1 Å². The van der Waals surface area contributed by atoms with Gasteiger partial charge in [-0.1, -0.05) is 111 Å². The number of hydrogen-bond acceptors (Lipinski definition) is 5. The Labute approximate surface area is 403 Å². The molecule has 8 bridgehead atoms. The van der Waals surface area contributed by atoms with Gasteiger partial charge in [-0.25, -0.2) is 0 Å². The summed E-state index contributed by atoms with van der Waals surface area (Å²) in [4.78, 5) is 16.3. The second kappa shape index (κ2) is 17.8. The molecule has 2 aromatic carbocycles. The van der Waals surface area contributed by atoms with E-state index in [-0.39, 0.29) is 17.6 Å². The summed E-state index contributed by atoms with van der Waals surface area (Å²) < 4.78 is 25.7. The normalized spacial score (nSPS) is 24.9. The van der Waals surface area contributed by atoms with Crippen LogP contribution in [0.2, 0.25) is 0 Å². The van der Waals surface area contributed by atoms with Gasteiger partial charge in [0.1, 0.15) is 23.0 Å². The van der Waals surface area contributed by atoms with E-state index in [0.717, 1.165) is 133 Å². The highest BCUT2D eigenvalue weighted by Gasteiger charge is 2.45. The lowest BCUT2D eigenvalue weighted by Gasteiger charge is -2.29. The van der Waals surface area contributed by atoms with Crippen LogP contribution in [0.25, 0.3) is 11.1 Å². The van der Waals surface area contributed by atoms with Crippen molar-refractivity contribution in [1.82, 2.24) is 0 Å². The van der Waals surface area contributed by atoms with Gasteiger partial charge in [-0.3, -0.25) is 4.79 Å². The van der Waals surface area contributed by atoms with Crippen LogP contribution < -0.4 is 18.9 Å². The van der Waals surface area contributed by atoms with Crippen molar-refractivity contribution >= 4 is 16.9 Å². The van der Waals surface area contributed by atoms with E-state index in [1.54, 1.807) is 11.1 Å². The number of ketones is 1. The summed E-state index contributed by atoms with van der Waals surface area (Å²) in [6, 6.07) is 12.4. The number of Topliss-reactive ketones (excluding diaryl/α,β-unsaturated/α-hetero) is 1. The molecule has 0 saturated heterocycles. The molecule has 68 heavy (non-hydrogen) atoms. The molecule has 12 rings (SSSR count). The van der Waals surface area contributed by atoms with Crippen LogP contribution in [-0.2, 0) is 4.79 Å². The summed E-state index contributed by atoms with van der Waals surface area (Å²) in [6.07, 6.45) is 36.4. The first-order valence-electron chi connectivity index (χ1n) is 26.0. The third-order valence-electron chi connectivity index (χ3n) is 16.0. The topological polar surface area (TPSA) is 54.0 Å². The highest BCUT2D eigenvalue weighted by molar-refractivity contribution is 6.47. The molecule has 0 aromatic heterocycles. The summed E-state index contributed by atoms with van der Waals surface area (Å²) in [5, 5.41) is 0. The Morgan fingerprint density at radius 1 is 0.426 bits per heavy atom. The molecule has 0 amide bonds. The number of hydrogen-bond donors (Lipinski definition) is 0. The van der Waals surface area contributed by atoms with Gasteiger partial charge in [-0.15, -0.1) is 0 Å². The highest BCUT2D eigenvalue weighted by atomic mass is 16.5. The van der Waals surface area contributed by atoms with Crippen molar-refractivity contribution in [3.63, 3.8) is 0 Å². The molecule has 0 N–H and O–H groups in total. The standard InChI is InChI=1S/C63H64O5/c1-5-15-65-53-29-51(30-54(35-53)66-16-6-2)59-61-57-33-41-13-11-39-19-37-9-10-38-20-40-12-14-42-34-58(62(61)60(63(59)64)52-31-55(67-17-7-3)36-56(32-52)68-18-8-4)50-27-48(42)25-46(40)23-44(38)21-43(37)22-45(39)24-47(41)26-49(57)28-50/h9-14,22-23,26-27,29-32,35-37,40,42,57H,5-8,15-21,24-25,28,33-34H2,1-4H3. The van der Waals surface area contributed by atoms with Crippen molar-refractivity contribution in [3.8, 4) is 23.0 Å². The lowest BCUT2D eigenvalue weighted by Crippen LogP contribution is -2.15. The molecule has 0 radical (unpaired) electrons. The van der Waals surface area contributed by atoms with Crippen LogP contribution in [0, 0.1) is 23.7 Å². The van der Waals surface area contributed by atoms with Gasteiger partial charge in [0.2, 0.25) is 0 Å². The van der Waals surface area contributed by atoms with E-state index in [4.69, 9.17) is 18.9 Å². The molecule has 0 heterocycles. The smallest absolute Gasteiger partial charge is 0.195 e. The van der Waals surface area contributed by atoms with Crippen LogP contribution in [0.3, 0.4) is 0 Å². The molecule has 4 unspecified atom stereocenters. The second-order valence-electron chi connectivity index (χ2n) is 20.7. The summed E-state index contributed by atoms with van der Waals surface area (Å²) in [6.45, 7) is 10.8. The van der Waals surface area contributed by atoms with E-state index in [2.05, 4.69) is 113 Å². The molecule has 10 aliphatic carbocycles. The third-order valence-corrected chi connectivity index (χ3v) is 16.0. The minimum atomic E-state index is -0.0114. The number of benzene rings is 2. The minimum Gasteiger partial charge on any atom is -0.493 e. The number of carbonyl (C=O) groups is 1. The summed E-state index contributed by atoms with van der Waals surface area (Å²) in [5.41, 5.74) is 23.0. The summed E-state index contributed by atoms with van der Waals surface area (Å²) >= 11 is 0. The number of allylic oxidation sites excluding steroid dienone is 26. The average molecular weight is 901 g/mol. The summed E-state index contributed by atoms with van der Waals surface area (Å²) in [5.74, 6) is 3.99.